The average molecular weight is 416 g/mol. The summed E-state index contributed by atoms with van der Waals surface area (Å²) in [7, 11) is -3.68. The summed E-state index contributed by atoms with van der Waals surface area (Å²) in [6.45, 7) is 6.09. The number of piperazine rings is 1. The van der Waals surface area contributed by atoms with Crippen molar-refractivity contribution in [2.45, 2.75) is 25.2 Å². The van der Waals surface area contributed by atoms with Crippen LogP contribution in [0.25, 0.3) is 0 Å². The van der Waals surface area contributed by atoms with Crippen molar-refractivity contribution < 1.29 is 27.3 Å². The van der Waals surface area contributed by atoms with Gasteiger partial charge in [-0.1, -0.05) is 13.8 Å². The van der Waals surface area contributed by atoms with Crippen LogP contribution >= 0.6 is 0 Å². The lowest BCUT2D eigenvalue weighted by atomic mass is 10.1. The second-order valence-corrected chi connectivity index (χ2v) is 9.21. The topological polar surface area (TPSA) is 100 Å². The Bertz CT molecular complexity index is 775. The zero-order valence-electron chi connectivity index (χ0n) is 16.2. The lowest BCUT2D eigenvalue weighted by Gasteiger charge is -2.31. The highest BCUT2D eigenvalue weighted by molar-refractivity contribution is 7.89. The number of carbonyl (C=O) groups is 2. The van der Waals surface area contributed by atoms with E-state index in [2.05, 4.69) is 10.6 Å². The van der Waals surface area contributed by atoms with E-state index in [1.54, 1.807) is 0 Å². The molecule has 1 aliphatic heterocycles. The first-order valence-corrected chi connectivity index (χ1v) is 10.8. The van der Waals surface area contributed by atoms with Crippen molar-refractivity contribution >= 4 is 22.0 Å². The van der Waals surface area contributed by atoms with E-state index in [-0.39, 0.29) is 24.5 Å². The monoisotopic (exact) mass is 415 g/mol. The van der Waals surface area contributed by atoms with Gasteiger partial charge in [0.15, 0.2) is 6.54 Å². The number of sulfonamides is 1. The van der Waals surface area contributed by atoms with Gasteiger partial charge in [-0.05, 0) is 36.6 Å². The molecule has 1 heterocycles. The van der Waals surface area contributed by atoms with Crippen molar-refractivity contribution in [3.8, 4) is 0 Å². The van der Waals surface area contributed by atoms with Crippen molar-refractivity contribution in [2.75, 3.05) is 39.3 Å². The number of amides is 3. The highest BCUT2D eigenvalue weighted by Gasteiger charge is 2.31. The van der Waals surface area contributed by atoms with E-state index in [1.165, 1.54) is 16.4 Å². The molecule has 1 fully saturated rings. The standard InChI is InChI=1S/C18H27FN4O4S/c1-14(2)7-8-20-18(25)21-17(24)13-22-9-11-23(12-10-22)28(26,27)16-5-3-15(19)4-6-16/h3-6,14H,7-13H2,1-2H3,(H2,20,21,24,25)/p+1. The van der Waals surface area contributed by atoms with E-state index in [0.717, 1.165) is 23.5 Å². The summed E-state index contributed by atoms with van der Waals surface area (Å²) in [5.74, 6) is -0.428. The van der Waals surface area contributed by atoms with Gasteiger partial charge >= 0.3 is 6.03 Å². The van der Waals surface area contributed by atoms with E-state index in [0.29, 0.717) is 25.6 Å². The highest BCUT2D eigenvalue weighted by Crippen LogP contribution is 2.15. The van der Waals surface area contributed by atoms with Gasteiger partial charge in [-0.2, -0.15) is 4.31 Å². The number of halogens is 1. The molecule has 1 aromatic carbocycles. The summed E-state index contributed by atoms with van der Waals surface area (Å²) in [5.41, 5.74) is 0. The zero-order valence-corrected chi connectivity index (χ0v) is 17.0. The van der Waals surface area contributed by atoms with Crippen molar-refractivity contribution in [3.63, 3.8) is 0 Å². The number of carbonyl (C=O) groups excluding carboxylic acids is 2. The number of benzene rings is 1. The number of imide groups is 1. The first kappa shape index (κ1) is 22.3. The minimum Gasteiger partial charge on any atom is -0.338 e. The molecule has 0 saturated carbocycles. The zero-order chi connectivity index (χ0) is 20.7. The fourth-order valence-electron chi connectivity index (χ4n) is 2.89. The molecule has 8 nitrogen and oxygen atoms in total. The molecule has 10 heteroatoms. The van der Waals surface area contributed by atoms with Crippen LogP contribution < -0.4 is 15.5 Å². The quantitative estimate of drug-likeness (QED) is 0.564. The Morgan fingerprint density at radius 2 is 1.79 bits per heavy atom. The third-order valence-corrected chi connectivity index (χ3v) is 6.46. The molecule has 0 spiro atoms. The number of urea groups is 1. The lowest BCUT2D eigenvalue weighted by Crippen LogP contribution is -3.15. The first-order valence-electron chi connectivity index (χ1n) is 9.35. The largest absolute Gasteiger partial charge is 0.338 e. The maximum atomic E-state index is 13.0. The third-order valence-electron chi connectivity index (χ3n) is 4.55. The van der Waals surface area contributed by atoms with E-state index < -0.39 is 27.8 Å². The van der Waals surface area contributed by atoms with Crippen molar-refractivity contribution in [1.82, 2.24) is 14.9 Å². The van der Waals surface area contributed by atoms with E-state index >= 15 is 0 Å². The van der Waals surface area contributed by atoms with Crippen LogP contribution in [0, 0.1) is 11.7 Å². The molecule has 3 amide bonds. The van der Waals surface area contributed by atoms with Crippen molar-refractivity contribution in [1.29, 1.82) is 0 Å². The third kappa shape index (κ3) is 6.54. The van der Waals surface area contributed by atoms with Crippen LogP contribution in [0.5, 0.6) is 0 Å². The number of quaternary nitrogens is 1. The Labute approximate surface area is 165 Å². The van der Waals surface area contributed by atoms with Gasteiger partial charge < -0.3 is 10.2 Å². The van der Waals surface area contributed by atoms with Gasteiger partial charge in [0.1, 0.15) is 5.82 Å². The maximum absolute atomic E-state index is 13.0. The minimum atomic E-state index is -3.68. The van der Waals surface area contributed by atoms with Crippen molar-refractivity contribution in [3.05, 3.63) is 30.1 Å². The fourth-order valence-corrected chi connectivity index (χ4v) is 4.33. The van der Waals surface area contributed by atoms with Gasteiger partial charge in [0.05, 0.1) is 31.1 Å². The highest BCUT2D eigenvalue weighted by atomic mass is 32.2. The SMILES string of the molecule is CC(C)CCNC(=O)NC(=O)C[NH+]1CCN(S(=O)(=O)c2ccc(F)cc2)CC1. The molecule has 1 saturated heterocycles. The Morgan fingerprint density at radius 1 is 1.18 bits per heavy atom. The summed E-state index contributed by atoms with van der Waals surface area (Å²) < 4.78 is 39.5. The second-order valence-electron chi connectivity index (χ2n) is 7.27. The molecule has 0 radical (unpaired) electrons. The van der Waals surface area contributed by atoms with Gasteiger partial charge in [-0.25, -0.2) is 17.6 Å². The number of nitrogens with zero attached hydrogens (tertiary/aromatic N) is 1. The molecule has 1 aromatic rings. The molecule has 28 heavy (non-hydrogen) atoms. The maximum Gasteiger partial charge on any atom is 0.321 e. The van der Waals surface area contributed by atoms with Gasteiger partial charge in [0, 0.05) is 6.54 Å². The molecular weight excluding hydrogens is 387 g/mol. The molecule has 0 atom stereocenters. The minimum absolute atomic E-state index is 0.0492. The average Bonchev–Trinajstić information content (AvgIpc) is 2.62. The molecule has 0 aliphatic carbocycles. The molecule has 2 rings (SSSR count). The van der Waals surface area contributed by atoms with Crippen LogP contribution in [-0.2, 0) is 14.8 Å². The number of hydrogen-bond donors (Lipinski definition) is 3. The number of rotatable bonds is 7. The predicted molar refractivity (Wildman–Crippen MR) is 102 cm³/mol. The normalized spacial score (nSPS) is 16.1. The first-order chi connectivity index (χ1) is 13.2. The summed E-state index contributed by atoms with van der Waals surface area (Å²) in [5, 5.41) is 4.93. The molecular formula is C18H28FN4O4S+. The fraction of sp³-hybridized carbons (Fsp3) is 0.556. The van der Waals surface area contributed by atoms with Crippen LogP contribution in [0.3, 0.4) is 0 Å². The molecule has 156 valence electrons. The van der Waals surface area contributed by atoms with Crippen molar-refractivity contribution in [2.24, 2.45) is 5.92 Å². The summed E-state index contributed by atoms with van der Waals surface area (Å²) in [6.07, 6.45) is 0.831. The van der Waals surface area contributed by atoms with E-state index in [4.69, 9.17) is 0 Å². The number of hydrogen-bond acceptors (Lipinski definition) is 4. The second kappa shape index (κ2) is 9.94. The summed E-state index contributed by atoms with van der Waals surface area (Å²) in [6, 6.07) is 4.21. The lowest BCUT2D eigenvalue weighted by molar-refractivity contribution is -0.895. The van der Waals surface area contributed by atoms with Crippen LogP contribution in [-0.4, -0.2) is 63.9 Å². The Hall–Kier alpha value is -2.04. The van der Waals surface area contributed by atoms with Gasteiger partial charge in [-0.3, -0.25) is 10.1 Å². The Kier molecular flexibility index (Phi) is 7.90. The van der Waals surface area contributed by atoms with Crippen LogP contribution in [0.2, 0.25) is 0 Å². The summed E-state index contributed by atoms with van der Waals surface area (Å²) in [4.78, 5) is 24.6. The van der Waals surface area contributed by atoms with Gasteiger partial charge in [0.2, 0.25) is 10.0 Å². The van der Waals surface area contributed by atoms with Crippen LogP contribution in [0.4, 0.5) is 9.18 Å². The van der Waals surface area contributed by atoms with Crippen LogP contribution in [0.15, 0.2) is 29.2 Å². The molecule has 0 bridgehead atoms. The molecule has 0 unspecified atom stereocenters. The molecule has 1 aliphatic rings. The van der Waals surface area contributed by atoms with Crippen LogP contribution in [0.1, 0.15) is 20.3 Å². The Morgan fingerprint density at radius 3 is 2.36 bits per heavy atom. The molecule has 0 aromatic heterocycles. The van der Waals surface area contributed by atoms with Gasteiger partial charge in [-0.15, -0.1) is 0 Å². The Balaban J connectivity index is 1.78. The van der Waals surface area contributed by atoms with E-state index in [9.17, 15) is 22.4 Å². The number of nitrogens with one attached hydrogen (secondary N) is 3. The predicted octanol–water partition coefficient (Wildman–Crippen LogP) is -0.413. The molecule has 3 N–H and O–H groups in total. The van der Waals surface area contributed by atoms with E-state index in [1.807, 2.05) is 13.8 Å². The smallest absolute Gasteiger partial charge is 0.321 e. The van der Waals surface area contributed by atoms with Gasteiger partial charge in [0.25, 0.3) is 5.91 Å². The summed E-state index contributed by atoms with van der Waals surface area (Å²) >= 11 is 0.